The van der Waals surface area contributed by atoms with Gasteiger partial charge in [-0.2, -0.15) is 0 Å². The van der Waals surface area contributed by atoms with Crippen molar-refractivity contribution in [1.82, 2.24) is 5.32 Å². The van der Waals surface area contributed by atoms with Gasteiger partial charge in [0.15, 0.2) is 0 Å². The molecule has 0 saturated carbocycles. The Morgan fingerprint density at radius 2 is 1.84 bits per heavy atom. The van der Waals surface area contributed by atoms with Crippen LogP contribution in [0.5, 0.6) is 0 Å². The summed E-state index contributed by atoms with van der Waals surface area (Å²) in [4.78, 5) is 22.8. The van der Waals surface area contributed by atoms with E-state index in [0.29, 0.717) is 18.9 Å². The third-order valence-corrected chi connectivity index (χ3v) is 3.30. The normalized spacial score (nSPS) is 14.2. The average Bonchev–Trinajstić information content (AvgIpc) is 2.32. The molecule has 4 N–H and O–H groups in total. The Labute approximate surface area is 115 Å². The first-order valence-electron chi connectivity index (χ1n) is 7.14. The molecule has 19 heavy (non-hydrogen) atoms. The molecule has 0 aliphatic heterocycles. The van der Waals surface area contributed by atoms with Crippen molar-refractivity contribution in [2.24, 2.45) is 17.6 Å². The third kappa shape index (κ3) is 7.82. The first kappa shape index (κ1) is 17.9. The molecule has 0 aromatic heterocycles. The molecule has 0 bridgehead atoms. The highest BCUT2D eigenvalue weighted by Gasteiger charge is 2.23. The van der Waals surface area contributed by atoms with Crippen LogP contribution in [0.1, 0.15) is 52.9 Å². The van der Waals surface area contributed by atoms with Gasteiger partial charge in [-0.1, -0.05) is 33.6 Å². The van der Waals surface area contributed by atoms with Gasteiger partial charge in [-0.05, 0) is 31.2 Å². The van der Waals surface area contributed by atoms with Crippen LogP contribution >= 0.6 is 0 Å². The summed E-state index contributed by atoms with van der Waals surface area (Å²) in [7, 11) is 0. The molecule has 0 aromatic carbocycles. The largest absolute Gasteiger partial charge is 0.480 e. The Morgan fingerprint density at radius 3 is 2.26 bits per heavy atom. The lowest BCUT2D eigenvalue weighted by molar-refractivity contribution is -0.143. The minimum Gasteiger partial charge on any atom is -0.480 e. The number of aliphatic carboxylic acids is 1. The first-order chi connectivity index (χ1) is 8.92. The number of carboxylic acid groups (broad SMARTS) is 1. The maximum absolute atomic E-state index is 11.8. The summed E-state index contributed by atoms with van der Waals surface area (Å²) in [5, 5.41) is 11.6. The second kappa shape index (κ2) is 9.78. The number of carboxylic acids is 1. The lowest BCUT2D eigenvalue weighted by Gasteiger charge is -2.19. The zero-order valence-corrected chi connectivity index (χ0v) is 12.3. The molecule has 0 fully saturated rings. The monoisotopic (exact) mass is 272 g/mol. The van der Waals surface area contributed by atoms with Crippen LogP contribution in [-0.2, 0) is 9.59 Å². The third-order valence-electron chi connectivity index (χ3n) is 3.30. The minimum atomic E-state index is -0.976. The van der Waals surface area contributed by atoms with Crippen LogP contribution in [0.2, 0.25) is 0 Å². The highest BCUT2D eigenvalue weighted by atomic mass is 16.4. The molecule has 0 saturated heterocycles. The molecule has 5 heteroatoms. The summed E-state index contributed by atoms with van der Waals surface area (Å²) in [6, 6.07) is -0.799. The van der Waals surface area contributed by atoms with Gasteiger partial charge < -0.3 is 16.2 Å². The quantitative estimate of drug-likeness (QED) is 0.565. The SMILES string of the molecule is CCCC(CCN)CCC(=O)N[C@@H](C(=O)O)C(C)C. The van der Waals surface area contributed by atoms with Crippen molar-refractivity contribution < 1.29 is 14.7 Å². The minimum absolute atomic E-state index is 0.114. The van der Waals surface area contributed by atoms with Crippen LogP contribution in [0, 0.1) is 11.8 Å². The molecule has 0 aliphatic carbocycles. The Bertz CT molecular complexity index is 274. The average molecular weight is 272 g/mol. The molecule has 1 amide bonds. The number of nitrogens with two attached hydrogens (primary N) is 1. The predicted molar refractivity (Wildman–Crippen MR) is 75.7 cm³/mol. The van der Waals surface area contributed by atoms with Gasteiger partial charge in [-0.3, -0.25) is 4.79 Å². The fourth-order valence-corrected chi connectivity index (χ4v) is 2.17. The van der Waals surface area contributed by atoms with E-state index in [1.54, 1.807) is 13.8 Å². The summed E-state index contributed by atoms with van der Waals surface area (Å²) in [6.45, 7) is 6.32. The van der Waals surface area contributed by atoms with Crippen LogP contribution < -0.4 is 11.1 Å². The molecule has 0 spiro atoms. The Morgan fingerprint density at radius 1 is 1.21 bits per heavy atom. The van der Waals surface area contributed by atoms with E-state index < -0.39 is 12.0 Å². The van der Waals surface area contributed by atoms with E-state index in [2.05, 4.69) is 12.2 Å². The number of rotatable bonds is 10. The lowest BCUT2D eigenvalue weighted by atomic mass is 9.94. The maximum atomic E-state index is 11.8. The first-order valence-corrected chi connectivity index (χ1v) is 7.14. The van der Waals surface area contributed by atoms with Crippen molar-refractivity contribution >= 4 is 11.9 Å². The number of carbonyl (C=O) groups excluding carboxylic acids is 1. The Hall–Kier alpha value is -1.10. The van der Waals surface area contributed by atoms with E-state index in [0.717, 1.165) is 25.7 Å². The molecule has 1 unspecified atom stereocenters. The molecule has 2 atom stereocenters. The summed E-state index contributed by atoms with van der Waals surface area (Å²) >= 11 is 0. The highest BCUT2D eigenvalue weighted by molar-refractivity contribution is 5.83. The fraction of sp³-hybridized carbons (Fsp3) is 0.857. The van der Waals surface area contributed by atoms with Gasteiger partial charge in [-0.15, -0.1) is 0 Å². The zero-order valence-electron chi connectivity index (χ0n) is 12.3. The van der Waals surface area contributed by atoms with E-state index in [1.807, 2.05) is 0 Å². The molecular formula is C14H28N2O3. The topological polar surface area (TPSA) is 92.4 Å². The molecule has 0 heterocycles. The lowest BCUT2D eigenvalue weighted by Crippen LogP contribution is -2.44. The second-order valence-corrected chi connectivity index (χ2v) is 5.40. The van der Waals surface area contributed by atoms with Crippen LogP contribution in [0.3, 0.4) is 0 Å². The van der Waals surface area contributed by atoms with Crippen molar-refractivity contribution in [1.29, 1.82) is 0 Å². The van der Waals surface area contributed by atoms with Crippen molar-refractivity contribution in [3.8, 4) is 0 Å². The van der Waals surface area contributed by atoms with Crippen molar-refractivity contribution in [2.75, 3.05) is 6.54 Å². The molecule has 0 radical (unpaired) electrons. The number of hydrogen-bond acceptors (Lipinski definition) is 3. The standard InChI is InChI=1S/C14H28N2O3/c1-4-5-11(8-9-15)6-7-12(17)16-13(10(2)3)14(18)19/h10-11,13H,4-9,15H2,1-3H3,(H,16,17)(H,18,19)/t11?,13-/m1/s1. The van der Waals surface area contributed by atoms with Gasteiger partial charge in [-0.25, -0.2) is 4.79 Å². The predicted octanol–water partition coefficient (Wildman–Crippen LogP) is 1.76. The van der Waals surface area contributed by atoms with E-state index in [9.17, 15) is 9.59 Å². The van der Waals surface area contributed by atoms with Gasteiger partial charge in [0.1, 0.15) is 6.04 Å². The van der Waals surface area contributed by atoms with Gasteiger partial charge in [0.2, 0.25) is 5.91 Å². The Kier molecular flexibility index (Phi) is 9.21. The number of carbonyl (C=O) groups is 2. The fourth-order valence-electron chi connectivity index (χ4n) is 2.17. The maximum Gasteiger partial charge on any atom is 0.326 e. The zero-order chi connectivity index (χ0) is 14.8. The number of nitrogens with one attached hydrogen (secondary N) is 1. The van der Waals surface area contributed by atoms with Gasteiger partial charge in [0, 0.05) is 6.42 Å². The molecule has 112 valence electrons. The number of amides is 1. The van der Waals surface area contributed by atoms with Crippen molar-refractivity contribution in [2.45, 2.75) is 58.9 Å². The van der Waals surface area contributed by atoms with Crippen LogP contribution in [0.4, 0.5) is 0 Å². The molecule has 0 rings (SSSR count). The highest BCUT2D eigenvalue weighted by Crippen LogP contribution is 2.17. The smallest absolute Gasteiger partial charge is 0.326 e. The van der Waals surface area contributed by atoms with E-state index in [1.165, 1.54) is 0 Å². The summed E-state index contributed by atoms with van der Waals surface area (Å²) in [6.07, 6.45) is 4.23. The molecule has 0 aliphatic rings. The Balaban J connectivity index is 4.18. The molecular weight excluding hydrogens is 244 g/mol. The van der Waals surface area contributed by atoms with E-state index in [-0.39, 0.29) is 11.8 Å². The molecule has 5 nitrogen and oxygen atoms in total. The van der Waals surface area contributed by atoms with Crippen molar-refractivity contribution in [3.05, 3.63) is 0 Å². The number of hydrogen-bond donors (Lipinski definition) is 3. The van der Waals surface area contributed by atoms with E-state index >= 15 is 0 Å². The van der Waals surface area contributed by atoms with Crippen LogP contribution in [-0.4, -0.2) is 29.6 Å². The van der Waals surface area contributed by atoms with Crippen LogP contribution in [0.15, 0.2) is 0 Å². The van der Waals surface area contributed by atoms with E-state index in [4.69, 9.17) is 10.8 Å². The van der Waals surface area contributed by atoms with Crippen molar-refractivity contribution in [3.63, 3.8) is 0 Å². The van der Waals surface area contributed by atoms with Crippen LogP contribution in [0.25, 0.3) is 0 Å². The summed E-state index contributed by atoms with van der Waals surface area (Å²) < 4.78 is 0. The molecule has 0 aromatic rings. The second-order valence-electron chi connectivity index (χ2n) is 5.40. The summed E-state index contributed by atoms with van der Waals surface area (Å²) in [5.74, 6) is -0.811. The summed E-state index contributed by atoms with van der Waals surface area (Å²) in [5.41, 5.74) is 5.55. The van der Waals surface area contributed by atoms with Gasteiger partial charge in [0.25, 0.3) is 0 Å². The van der Waals surface area contributed by atoms with Gasteiger partial charge >= 0.3 is 5.97 Å². The van der Waals surface area contributed by atoms with Gasteiger partial charge in [0.05, 0.1) is 0 Å².